The van der Waals surface area contributed by atoms with Crippen molar-refractivity contribution in [1.29, 1.82) is 0 Å². The van der Waals surface area contributed by atoms with Gasteiger partial charge in [-0.1, -0.05) is 18.2 Å². The zero-order chi connectivity index (χ0) is 26.9. The molecular weight excluding hydrogens is 564 g/mol. The molecule has 0 radical (unpaired) electrons. The predicted octanol–water partition coefficient (Wildman–Crippen LogP) is 3.35. The summed E-state index contributed by atoms with van der Waals surface area (Å²) >= 11 is 8.71. The standard InChI is InChI=1S/C25H27BrN4O6S/c1-5-35-24(32)21-14(2)28-25(37)29-22(21)16-8-6-7-9-18(16)36-13-20(31)30-27-12-15-10-17(26)23(34-4)19(11-15)33-3/h6-12,22H,5,13H2,1-4H3,(H,30,31)(H2,28,29,37)/t22-/m0/s1. The molecule has 1 amide bonds. The third-order valence-corrected chi connectivity index (χ3v) is 6.02. The fourth-order valence-corrected chi connectivity index (χ4v) is 4.52. The lowest BCUT2D eigenvalue weighted by atomic mass is 9.95. The van der Waals surface area contributed by atoms with Crippen molar-refractivity contribution < 1.29 is 28.5 Å². The molecule has 2 aromatic carbocycles. The van der Waals surface area contributed by atoms with Gasteiger partial charge >= 0.3 is 5.97 Å². The van der Waals surface area contributed by atoms with Crippen LogP contribution in [0.3, 0.4) is 0 Å². The summed E-state index contributed by atoms with van der Waals surface area (Å²) in [7, 11) is 3.07. The topological polar surface area (TPSA) is 120 Å². The maximum Gasteiger partial charge on any atom is 0.338 e. The van der Waals surface area contributed by atoms with Crippen molar-refractivity contribution in [1.82, 2.24) is 16.1 Å². The van der Waals surface area contributed by atoms with Gasteiger partial charge in [0.2, 0.25) is 0 Å². The van der Waals surface area contributed by atoms with E-state index in [1.807, 2.05) is 0 Å². The van der Waals surface area contributed by atoms with Crippen LogP contribution in [0.1, 0.15) is 31.0 Å². The number of hydrogen-bond acceptors (Lipinski definition) is 8. The highest BCUT2D eigenvalue weighted by Crippen LogP contribution is 2.36. The fourth-order valence-electron chi connectivity index (χ4n) is 3.62. The Morgan fingerprint density at radius 3 is 2.65 bits per heavy atom. The van der Waals surface area contributed by atoms with E-state index < -0.39 is 17.9 Å². The van der Waals surface area contributed by atoms with Crippen LogP contribution < -0.4 is 30.3 Å². The van der Waals surface area contributed by atoms with Gasteiger partial charge in [-0.15, -0.1) is 0 Å². The first-order valence-corrected chi connectivity index (χ1v) is 12.4. The zero-order valence-corrected chi connectivity index (χ0v) is 23.1. The van der Waals surface area contributed by atoms with Gasteiger partial charge in [0.25, 0.3) is 5.91 Å². The Morgan fingerprint density at radius 2 is 1.95 bits per heavy atom. The molecule has 37 heavy (non-hydrogen) atoms. The maximum atomic E-state index is 12.7. The van der Waals surface area contributed by atoms with Crippen LogP contribution in [0.2, 0.25) is 0 Å². The van der Waals surface area contributed by atoms with E-state index in [1.54, 1.807) is 57.4 Å². The summed E-state index contributed by atoms with van der Waals surface area (Å²) in [5.74, 6) is 0.521. The molecular formula is C25H27BrN4O6S. The van der Waals surface area contributed by atoms with E-state index in [-0.39, 0.29) is 13.2 Å². The van der Waals surface area contributed by atoms with Gasteiger partial charge < -0.3 is 29.6 Å². The number of nitrogens with zero attached hydrogens (tertiary/aromatic N) is 1. The van der Waals surface area contributed by atoms with Gasteiger partial charge in [-0.05, 0) is 65.8 Å². The Kier molecular flexibility index (Phi) is 9.86. The molecule has 196 valence electrons. The lowest BCUT2D eigenvalue weighted by molar-refractivity contribution is -0.139. The third kappa shape index (κ3) is 6.98. The minimum atomic E-state index is -0.617. The second-order valence-electron chi connectivity index (χ2n) is 7.65. The van der Waals surface area contributed by atoms with Crippen LogP contribution in [0.4, 0.5) is 0 Å². The average Bonchev–Trinajstić information content (AvgIpc) is 2.86. The van der Waals surface area contributed by atoms with Crippen LogP contribution in [-0.4, -0.2) is 50.6 Å². The van der Waals surface area contributed by atoms with Crippen LogP contribution in [0, 0.1) is 0 Å². The van der Waals surface area contributed by atoms with E-state index in [0.29, 0.717) is 49.2 Å². The number of nitrogens with one attached hydrogen (secondary N) is 3. The summed E-state index contributed by atoms with van der Waals surface area (Å²) < 4.78 is 22.3. The number of rotatable bonds is 10. The molecule has 12 heteroatoms. The first-order chi connectivity index (χ1) is 17.8. The molecule has 0 saturated heterocycles. The van der Waals surface area contributed by atoms with Crippen molar-refractivity contribution in [3.8, 4) is 17.2 Å². The van der Waals surface area contributed by atoms with Crippen LogP contribution in [-0.2, 0) is 14.3 Å². The number of carbonyl (C=O) groups excluding carboxylic acids is 2. The average molecular weight is 591 g/mol. The minimum Gasteiger partial charge on any atom is -0.493 e. The summed E-state index contributed by atoms with van der Waals surface area (Å²) in [6.45, 7) is 3.40. The fraction of sp³-hybridized carbons (Fsp3) is 0.280. The second kappa shape index (κ2) is 13.1. The van der Waals surface area contributed by atoms with Crippen molar-refractivity contribution in [3.63, 3.8) is 0 Å². The molecule has 3 N–H and O–H groups in total. The molecule has 10 nitrogen and oxygen atoms in total. The van der Waals surface area contributed by atoms with Crippen molar-refractivity contribution >= 4 is 51.4 Å². The molecule has 0 aliphatic carbocycles. The maximum absolute atomic E-state index is 12.7. The number of hydrogen-bond donors (Lipinski definition) is 3. The molecule has 0 unspecified atom stereocenters. The van der Waals surface area contributed by atoms with Gasteiger partial charge in [0.15, 0.2) is 23.2 Å². The normalized spacial score (nSPS) is 15.1. The highest BCUT2D eigenvalue weighted by Gasteiger charge is 2.32. The number of allylic oxidation sites excluding steroid dienone is 1. The zero-order valence-electron chi connectivity index (χ0n) is 20.7. The van der Waals surface area contributed by atoms with Gasteiger partial charge in [-0.25, -0.2) is 10.2 Å². The molecule has 0 spiro atoms. The van der Waals surface area contributed by atoms with Crippen molar-refractivity contribution in [2.24, 2.45) is 5.10 Å². The quantitative estimate of drug-likeness (QED) is 0.165. The lowest BCUT2D eigenvalue weighted by Crippen LogP contribution is -2.45. The molecule has 1 aliphatic heterocycles. The summed E-state index contributed by atoms with van der Waals surface area (Å²) in [6.07, 6.45) is 1.47. The lowest BCUT2D eigenvalue weighted by Gasteiger charge is -2.30. The van der Waals surface area contributed by atoms with Gasteiger partial charge in [-0.2, -0.15) is 5.10 Å². The number of para-hydroxylation sites is 1. The van der Waals surface area contributed by atoms with Gasteiger partial charge in [0, 0.05) is 11.3 Å². The number of hydrazone groups is 1. The van der Waals surface area contributed by atoms with E-state index in [4.69, 9.17) is 31.2 Å². The number of amides is 1. The Bertz CT molecular complexity index is 1250. The van der Waals surface area contributed by atoms with Gasteiger partial charge in [-0.3, -0.25) is 4.79 Å². The SMILES string of the molecule is CCOC(=O)C1=C(C)NC(=S)N[C@H]1c1ccccc1OCC(=O)NN=Cc1cc(Br)c(OC)c(OC)c1. The second-order valence-corrected chi connectivity index (χ2v) is 8.91. The molecule has 1 atom stereocenters. The molecule has 0 fully saturated rings. The molecule has 3 rings (SSSR count). The van der Waals surface area contributed by atoms with E-state index in [9.17, 15) is 9.59 Å². The molecule has 1 aliphatic rings. The third-order valence-electron chi connectivity index (χ3n) is 5.21. The number of halogens is 1. The Balaban J connectivity index is 1.71. The van der Waals surface area contributed by atoms with Crippen LogP contribution in [0.25, 0.3) is 0 Å². The number of methoxy groups -OCH3 is 2. The Hall–Kier alpha value is -3.64. The minimum absolute atomic E-state index is 0.228. The van der Waals surface area contributed by atoms with E-state index in [2.05, 4.69) is 37.1 Å². The summed E-state index contributed by atoms with van der Waals surface area (Å²) in [6, 6.07) is 9.95. The largest absolute Gasteiger partial charge is 0.493 e. The summed E-state index contributed by atoms with van der Waals surface area (Å²) in [4.78, 5) is 25.1. The summed E-state index contributed by atoms with van der Waals surface area (Å²) in [5.41, 5.74) is 4.69. The van der Waals surface area contributed by atoms with Gasteiger partial charge in [0.05, 0.1) is 43.1 Å². The molecule has 0 saturated carbocycles. The molecule has 2 aromatic rings. The van der Waals surface area contributed by atoms with Crippen LogP contribution in [0.15, 0.2) is 57.2 Å². The highest BCUT2D eigenvalue weighted by atomic mass is 79.9. The smallest absolute Gasteiger partial charge is 0.338 e. The Morgan fingerprint density at radius 1 is 1.19 bits per heavy atom. The number of carbonyl (C=O) groups is 2. The molecule has 0 aromatic heterocycles. The van der Waals surface area contributed by atoms with E-state index in [1.165, 1.54) is 13.3 Å². The van der Waals surface area contributed by atoms with Gasteiger partial charge in [0.1, 0.15) is 5.75 Å². The predicted molar refractivity (Wildman–Crippen MR) is 146 cm³/mol. The summed E-state index contributed by atoms with van der Waals surface area (Å²) in [5, 5.41) is 10.4. The highest BCUT2D eigenvalue weighted by molar-refractivity contribution is 9.10. The number of esters is 1. The van der Waals surface area contributed by atoms with Crippen molar-refractivity contribution in [2.45, 2.75) is 19.9 Å². The number of benzene rings is 2. The van der Waals surface area contributed by atoms with E-state index in [0.717, 1.165) is 0 Å². The Labute approximate surface area is 228 Å². The number of thiocarbonyl (C=S) groups is 1. The number of ether oxygens (including phenoxy) is 4. The molecule has 0 bridgehead atoms. The van der Waals surface area contributed by atoms with Crippen LogP contribution >= 0.6 is 28.1 Å². The monoisotopic (exact) mass is 590 g/mol. The van der Waals surface area contributed by atoms with E-state index >= 15 is 0 Å². The first-order valence-electron chi connectivity index (χ1n) is 11.2. The van der Waals surface area contributed by atoms with Crippen LogP contribution in [0.5, 0.6) is 17.2 Å². The molecule has 1 heterocycles. The van der Waals surface area contributed by atoms with Crippen molar-refractivity contribution in [3.05, 3.63) is 63.3 Å². The first kappa shape index (κ1) is 27.9. The van der Waals surface area contributed by atoms with Crippen molar-refractivity contribution in [2.75, 3.05) is 27.4 Å².